The van der Waals surface area contributed by atoms with Gasteiger partial charge in [-0.3, -0.25) is 0 Å². The quantitative estimate of drug-likeness (QED) is 0.750. The molecule has 5 nitrogen and oxygen atoms in total. The lowest BCUT2D eigenvalue weighted by Gasteiger charge is -2.05. The van der Waals surface area contributed by atoms with Gasteiger partial charge in [-0.1, -0.05) is 0 Å². The van der Waals surface area contributed by atoms with Gasteiger partial charge in [-0.05, 0) is 12.1 Å². The first-order valence-corrected chi connectivity index (χ1v) is 4.10. The van der Waals surface area contributed by atoms with E-state index in [1.165, 1.54) is 25.3 Å². The monoisotopic (exact) mass is 207 g/mol. The summed E-state index contributed by atoms with van der Waals surface area (Å²) in [5, 5.41) is 17.7. The number of carbonyl (C=O) groups is 1. The number of nitrogens with zero attached hydrogens (tertiary/aromatic N) is 1. The Balaban J connectivity index is 2.89. The first kappa shape index (κ1) is 10.9. The largest absolute Gasteiger partial charge is 0.507 e. The molecule has 15 heavy (non-hydrogen) atoms. The van der Waals surface area contributed by atoms with E-state index in [2.05, 4.69) is 4.74 Å². The predicted molar refractivity (Wildman–Crippen MR) is 50.6 cm³/mol. The van der Waals surface area contributed by atoms with Gasteiger partial charge in [0.05, 0.1) is 7.11 Å². The normalized spacial score (nSPS) is 9.07. The van der Waals surface area contributed by atoms with Crippen LogP contribution in [0.1, 0.15) is 10.4 Å². The maximum Gasteiger partial charge on any atom is 0.341 e. The maximum absolute atomic E-state index is 11.1. The van der Waals surface area contributed by atoms with Crippen molar-refractivity contribution in [3.05, 3.63) is 23.8 Å². The van der Waals surface area contributed by atoms with E-state index in [0.717, 1.165) is 0 Å². The van der Waals surface area contributed by atoms with Crippen LogP contribution in [0.25, 0.3) is 0 Å². The summed E-state index contributed by atoms with van der Waals surface area (Å²) in [6, 6.07) is 5.89. The minimum atomic E-state index is -0.626. The van der Waals surface area contributed by atoms with Crippen LogP contribution in [0, 0.1) is 11.3 Å². The first-order valence-electron chi connectivity index (χ1n) is 4.10. The van der Waals surface area contributed by atoms with E-state index >= 15 is 0 Å². The zero-order valence-electron chi connectivity index (χ0n) is 8.06. The molecule has 1 aromatic rings. The molecule has 0 atom stereocenters. The van der Waals surface area contributed by atoms with Gasteiger partial charge >= 0.3 is 5.97 Å². The summed E-state index contributed by atoms with van der Waals surface area (Å²) in [6.45, 7) is -0.114. The molecule has 0 amide bonds. The van der Waals surface area contributed by atoms with Crippen molar-refractivity contribution in [3.63, 3.8) is 0 Å². The summed E-state index contributed by atoms with van der Waals surface area (Å²) in [5.41, 5.74) is 0.0572. The number of ether oxygens (including phenoxy) is 2. The second-order valence-corrected chi connectivity index (χ2v) is 2.62. The summed E-state index contributed by atoms with van der Waals surface area (Å²) in [4.78, 5) is 11.1. The van der Waals surface area contributed by atoms with Gasteiger partial charge in [0.15, 0.2) is 6.61 Å². The molecule has 0 aromatic heterocycles. The highest BCUT2D eigenvalue weighted by Crippen LogP contribution is 2.23. The number of carbonyl (C=O) groups excluding carboxylic acids is 1. The molecule has 0 radical (unpaired) electrons. The number of aromatic hydroxyl groups is 1. The minimum absolute atomic E-state index is 0.0572. The Labute approximate surface area is 86.5 Å². The first-order chi connectivity index (χ1) is 7.19. The third-order valence-corrected chi connectivity index (χ3v) is 1.68. The van der Waals surface area contributed by atoms with E-state index < -0.39 is 5.97 Å². The summed E-state index contributed by atoms with van der Waals surface area (Å²) >= 11 is 0. The molecule has 0 unspecified atom stereocenters. The average molecular weight is 207 g/mol. The number of methoxy groups -OCH3 is 1. The third-order valence-electron chi connectivity index (χ3n) is 1.68. The van der Waals surface area contributed by atoms with Gasteiger partial charge in [-0.15, -0.1) is 0 Å². The van der Waals surface area contributed by atoms with Gasteiger partial charge in [-0.25, -0.2) is 4.79 Å². The highest BCUT2D eigenvalue weighted by molar-refractivity contribution is 5.92. The summed E-state index contributed by atoms with van der Waals surface area (Å²) in [5.74, 6) is -0.543. The van der Waals surface area contributed by atoms with E-state index in [4.69, 9.17) is 10.00 Å². The van der Waals surface area contributed by atoms with Gasteiger partial charge < -0.3 is 14.6 Å². The Bertz CT molecular complexity index is 408. The number of nitriles is 1. The molecule has 5 heteroatoms. The molecule has 1 aromatic carbocycles. The fraction of sp³-hybridized carbons (Fsp3) is 0.200. The molecule has 0 saturated carbocycles. The predicted octanol–water partition coefficient (Wildman–Crippen LogP) is 1.08. The smallest absolute Gasteiger partial charge is 0.341 e. The lowest BCUT2D eigenvalue weighted by molar-refractivity contribution is 0.0597. The van der Waals surface area contributed by atoms with Crippen molar-refractivity contribution in [1.29, 1.82) is 5.26 Å². The molecule has 0 aliphatic carbocycles. The Morgan fingerprint density at radius 1 is 1.60 bits per heavy atom. The van der Waals surface area contributed by atoms with Gasteiger partial charge in [0.2, 0.25) is 0 Å². The van der Waals surface area contributed by atoms with Crippen molar-refractivity contribution < 1.29 is 19.4 Å². The highest BCUT2D eigenvalue weighted by atomic mass is 16.5. The lowest BCUT2D eigenvalue weighted by Crippen LogP contribution is -2.02. The molecule has 0 saturated heterocycles. The van der Waals surface area contributed by atoms with E-state index in [1.807, 2.05) is 0 Å². The topological polar surface area (TPSA) is 79.5 Å². The van der Waals surface area contributed by atoms with Crippen LogP contribution >= 0.6 is 0 Å². The van der Waals surface area contributed by atoms with E-state index in [-0.39, 0.29) is 17.9 Å². The van der Waals surface area contributed by atoms with E-state index in [9.17, 15) is 9.90 Å². The Morgan fingerprint density at radius 2 is 2.33 bits per heavy atom. The summed E-state index contributed by atoms with van der Waals surface area (Å²) in [7, 11) is 1.22. The Kier molecular flexibility index (Phi) is 3.52. The molecule has 0 bridgehead atoms. The molecule has 1 rings (SSSR count). The minimum Gasteiger partial charge on any atom is -0.507 e. The van der Waals surface area contributed by atoms with Crippen LogP contribution in [-0.2, 0) is 4.74 Å². The number of hydrogen-bond donors (Lipinski definition) is 1. The molecular formula is C10H9NO4. The summed E-state index contributed by atoms with van der Waals surface area (Å²) in [6.07, 6.45) is 0. The van der Waals surface area contributed by atoms with Crippen LogP contribution < -0.4 is 4.74 Å². The molecular weight excluding hydrogens is 198 g/mol. The van der Waals surface area contributed by atoms with Crippen molar-refractivity contribution in [2.45, 2.75) is 0 Å². The molecule has 0 aliphatic rings. The molecule has 78 valence electrons. The van der Waals surface area contributed by atoms with E-state index in [1.54, 1.807) is 6.07 Å². The Hall–Kier alpha value is -2.22. The van der Waals surface area contributed by atoms with Gasteiger partial charge in [0.25, 0.3) is 0 Å². The maximum atomic E-state index is 11.1. The number of hydrogen-bond acceptors (Lipinski definition) is 5. The average Bonchev–Trinajstić information content (AvgIpc) is 2.25. The number of benzene rings is 1. The van der Waals surface area contributed by atoms with Crippen molar-refractivity contribution >= 4 is 5.97 Å². The highest BCUT2D eigenvalue weighted by Gasteiger charge is 2.11. The SMILES string of the molecule is COC(=O)c1ccc(OCC#N)cc1O. The zero-order valence-corrected chi connectivity index (χ0v) is 8.06. The molecule has 1 N–H and O–H groups in total. The second kappa shape index (κ2) is 4.86. The number of esters is 1. The standard InChI is InChI=1S/C10H9NO4/c1-14-10(13)8-3-2-7(6-9(8)12)15-5-4-11/h2-3,6,12H,5H2,1H3. The van der Waals surface area contributed by atoms with Gasteiger partial charge in [0.1, 0.15) is 23.1 Å². The van der Waals surface area contributed by atoms with E-state index in [0.29, 0.717) is 5.75 Å². The van der Waals surface area contributed by atoms with Crippen LogP contribution in [0.5, 0.6) is 11.5 Å². The fourth-order valence-corrected chi connectivity index (χ4v) is 0.999. The fourth-order valence-electron chi connectivity index (χ4n) is 0.999. The molecule has 0 heterocycles. The van der Waals surface area contributed by atoms with Gasteiger partial charge in [0, 0.05) is 6.07 Å². The molecule has 0 fully saturated rings. The van der Waals surface area contributed by atoms with Crippen LogP contribution in [-0.4, -0.2) is 24.8 Å². The summed E-state index contributed by atoms with van der Waals surface area (Å²) < 4.78 is 9.38. The molecule has 0 aliphatic heterocycles. The number of rotatable bonds is 3. The van der Waals surface area contributed by atoms with Crippen LogP contribution in [0.4, 0.5) is 0 Å². The van der Waals surface area contributed by atoms with Crippen molar-refractivity contribution in [2.24, 2.45) is 0 Å². The van der Waals surface area contributed by atoms with Crippen LogP contribution in [0.15, 0.2) is 18.2 Å². The van der Waals surface area contributed by atoms with Gasteiger partial charge in [-0.2, -0.15) is 5.26 Å². The van der Waals surface area contributed by atoms with Crippen molar-refractivity contribution in [2.75, 3.05) is 13.7 Å². The lowest BCUT2D eigenvalue weighted by atomic mass is 10.2. The number of phenols is 1. The zero-order chi connectivity index (χ0) is 11.3. The third kappa shape index (κ3) is 2.61. The second-order valence-electron chi connectivity index (χ2n) is 2.62. The van der Waals surface area contributed by atoms with Crippen molar-refractivity contribution in [3.8, 4) is 17.6 Å². The Morgan fingerprint density at radius 3 is 2.87 bits per heavy atom. The van der Waals surface area contributed by atoms with Crippen molar-refractivity contribution in [1.82, 2.24) is 0 Å². The van der Waals surface area contributed by atoms with Crippen LogP contribution in [0.2, 0.25) is 0 Å². The molecule has 0 spiro atoms. The number of phenolic OH excluding ortho intramolecular Hbond substituents is 1. The van der Waals surface area contributed by atoms with Crippen LogP contribution in [0.3, 0.4) is 0 Å².